The molecule has 1 aromatic carbocycles. The molecular formula is C15H11ClN2O3S. The Labute approximate surface area is 132 Å². The van der Waals surface area contributed by atoms with Gasteiger partial charge in [-0.1, -0.05) is 29.8 Å². The topological polar surface area (TPSA) is 72.2 Å². The third-order valence-corrected chi connectivity index (χ3v) is 4.60. The Kier molecular flexibility index (Phi) is 3.87. The number of benzene rings is 1. The maximum Gasteiger partial charge on any atom is 0.262 e. The maximum atomic E-state index is 12.3. The number of pyridine rings is 1. The number of hydrogen-bond donors (Lipinski definition) is 1. The molecule has 0 atom stereocenters. The quantitative estimate of drug-likeness (QED) is 0.737. The lowest BCUT2D eigenvalue weighted by Gasteiger charge is -2.08. The number of furan rings is 1. The molecule has 0 radical (unpaired) electrons. The zero-order valence-corrected chi connectivity index (χ0v) is 12.8. The molecule has 22 heavy (non-hydrogen) atoms. The van der Waals surface area contributed by atoms with E-state index in [1.807, 2.05) is 0 Å². The molecular weight excluding hydrogens is 324 g/mol. The Morgan fingerprint density at radius 2 is 1.82 bits per heavy atom. The summed E-state index contributed by atoms with van der Waals surface area (Å²) in [5.41, 5.74) is 1.63. The van der Waals surface area contributed by atoms with Crippen LogP contribution in [0.5, 0.6) is 0 Å². The van der Waals surface area contributed by atoms with E-state index in [9.17, 15) is 8.42 Å². The standard InChI is InChI=1S/C15H11ClN2O3S/c16-15-7-6-11(8-17-15)13-9-21-10-14(13)18-22(19,20)12-4-2-1-3-5-12/h1-10,18H. The number of anilines is 1. The predicted molar refractivity (Wildman–Crippen MR) is 84.2 cm³/mol. The smallest absolute Gasteiger partial charge is 0.262 e. The second kappa shape index (κ2) is 5.82. The number of halogens is 1. The molecule has 0 amide bonds. The van der Waals surface area contributed by atoms with Crippen LogP contribution < -0.4 is 4.72 Å². The van der Waals surface area contributed by atoms with Crippen molar-refractivity contribution in [2.45, 2.75) is 4.90 Å². The Bertz CT molecular complexity index is 875. The summed E-state index contributed by atoms with van der Waals surface area (Å²) < 4.78 is 32.3. The van der Waals surface area contributed by atoms with Gasteiger partial charge in [0.1, 0.15) is 17.7 Å². The zero-order chi connectivity index (χ0) is 15.6. The van der Waals surface area contributed by atoms with E-state index < -0.39 is 10.0 Å². The summed E-state index contributed by atoms with van der Waals surface area (Å²) in [5, 5.41) is 0.360. The fraction of sp³-hybridized carbons (Fsp3) is 0. The molecule has 1 N–H and O–H groups in total. The van der Waals surface area contributed by atoms with Crippen LogP contribution in [-0.2, 0) is 10.0 Å². The fourth-order valence-electron chi connectivity index (χ4n) is 1.94. The van der Waals surface area contributed by atoms with Gasteiger partial charge in [-0.3, -0.25) is 4.72 Å². The molecule has 2 heterocycles. The van der Waals surface area contributed by atoms with Crippen LogP contribution in [-0.4, -0.2) is 13.4 Å². The molecule has 5 nitrogen and oxygen atoms in total. The Balaban J connectivity index is 1.95. The monoisotopic (exact) mass is 334 g/mol. The van der Waals surface area contributed by atoms with Crippen LogP contribution in [0.4, 0.5) is 5.69 Å². The Hall–Kier alpha value is -2.31. The van der Waals surface area contributed by atoms with Gasteiger partial charge in [0.2, 0.25) is 0 Å². The van der Waals surface area contributed by atoms with Crippen LogP contribution in [0.25, 0.3) is 11.1 Å². The van der Waals surface area contributed by atoms with E-state index >= 15 is 0 Å². The molecule has 112 valence electrons. The molecule has 0 spiro atoms. The zero-order valence-electron chi connectivity index (χ0n) is 11.2. The van der Waals surface area contributed by atoms with Crippen molar-refractivity contribution in [2.24, 2.45) is 0 Å². The summed E-state index contributed by atoms with van der Waals surface area (Å²) in [7, 11) is -3.68. The van der Waals surface area contributed by atoms with E-state index in [4.69, 9.17) is 16.0 Å². The lowest BCUT2D eigenvalue weighted by atomic mass is 10.1. The first kappa shape index (κ1) is 14.6. The van der Waals surface area contributed by atoms with E-state index in [0.29, 0.717) is 22.0 Å². The number of sulfonamides is 1. The first-order valence-corrected chi connectivity index (χ1v) is 8.18. The van der Waals surface area contributed by atoms with E-state index in [1.54, 1.807) is 36.5 Å². The summed E-state index contributed by atoms with van der Waals surface area (Å²) in [5.74, 6) is 0. The van der Waals surface area contributed by atoms with Crippen molar-refractivity contribution in [1.29, 1.82) is 0 Å². The van der Waals surface area contributed by atoms with Crippen molar-refractivity contribution in [3.63, 3.8) is 0 Å². The second-order valence-corrected chi connectivity index (χ2v) is 6.56. The number of nitrogens with one attached hydrogen (secondary N) is 1. The highest BCUT2D eigenvalue weighted by molar-refractivity contribution is 7.92. The average Bonchev–Trinajstić information content (AvgIpc) is 2.96. The van der Waals surface area contributed by atoms with Crippen LogP contribution >= 0.6 is 11.6 Å². The largest absolute Gasteiger partial charge is 0.470 e. The number of hydrogen-bond acceptors (Lipinski definition) is 4. The van der Waals surface area contributed by atoms with E-state index in [0.717, 1.165) is 0 Å². The van der Waals surface area contributed by atoms with Crippen LogP contribution in [0, 0.1) is 0 Å². The van der Waals surface area contributed by atoms with E-state index in [2.05, 4.69) is 9.71 Å². The minimum absolute atomic E-state index is 0.177. The average molecular weight is 335 g/mol. The third-order valence-electron chi connectivity index (χ3n) is 3.00. The van der Waals surface area contributed by atoms with Crippen molar-refractivity contribution in [3.8, 4) is 11.1 Å². The first-order valence-electron chi connectivity index (χ1n) is 6.32. The molecule has 3 rings (SSSR count). The van der Waals surface area contributed by atoms with Gasteiger partial charge in [-0.15, -0.1) is 0 Å². The minimum atomic E-state index is -3.68. The van der Waals surface area contributed by atoms with Crippen molar-refractivity contribution >= 4 is 27.3 Å². The molecule has 0 saturated carbocycles. The van der Waals surface area contributed by atoms with Gasteiger partial charge < -0.3 is 4.42 Å². The van der Waals surface area contributed by atoms with Gasteiger partial charge in [-0.05, 0) is 24.3 Å². The van der Waals surface area contributed by atoms with Crippen LogP contribution in [0.2, 0.25) is 5.15 Å². The predicted octanol–water partition coefficient (Wildman–Crippen LogP) is 3.80. The van der Waals surface area contributed by atoms with Crippen molar-refractivity contribution in [3.05, 3.63) is 66.3 Å². The Morgan fingerprint density at radius 3 is 2.50 bits per heavy atom. The molecule has 7 heteroatoms. The number of aromatic nitrogens is 1. The highest BCUT2D eigenvalue weighted by Gasteiger charge is 2.17. The van der Waals surface area contributed by atoms with Crippen LogP contribution in [0.15, 0.2) is 70.5 Å². The molecule has 0 unspecified atom stereocenters. The molecule has 2 aromatic heterocycles. The summed E-state index contributed by atoms with van der Waals surface area (Å²) in [6, 6.07) is 11.5. The second-order valence-electron chi connectivity index (χ2n) is 4.49. The molecule has 0 fully saturated rings. The van der Waals surface area contributed by atoms with Crippen LogP contribution in [0.1, 0.15) is 0 Å². The SMILES string of the molecule is O=S(=O)(Nc1cocc1-c1ccc(Cl)nc1)c1ccccc1. The van der Waals surface area contributed by atoms with Gasteiger partial charge in [0, 0.05) is 17.3 Å². The third kappa shape index (κ3) is 2.98. The van der Waals surface area contributed by atoms with E-state index in [1.165, 1.54) is 24.7 Å². The summed E-state index contributed by atoms with van der Waals surface area (Å²) >= 11 is 5.75. The molecule has 0 aliphatic rings. The van der Waals surface area contributed by atoms with Crippen molar-refractivity contribution in [2.75, 3.05) is 4.72 Å². The van der Waals surface area contributed by atoms with E-state index in [-0.39, 0.29) is 4.90 Å². The van der Waals surface area contributed by atoms with Gasteiger partial charge in [0.15, 0.2) is 0 Å². The molecule has 3 aromatic rings. The lowest BCUT2D eigenvalue weighted by molar-refractivity contribution is 0.568. The molecule has 0 aliphatic heterocycles. The van der Waals surface area contributed by atoms with Gasteiger partial charge in [0.05, 0.1) is 10.6 Å². The summed E-state index contributed by atoms with van der Waals surface area (Å²) in [6.45, 7) is 0. The lowest BCUT2D eigenvalue weighted by Crippen LogP contribution is -2.12. The highest BCUT2D eigenvalue weighted by atomic mass is 35.5. The normalized spacial score (nSPS) is 11.3. The number of nitrogens with zero attached hydrogens (tertiary/aromatic N) is 1. The summed E-state index contributed by atoms with van der Waals surface area (Å²) in [6.07, 6.45) is 4.34. The highest BCUT2D eigenvalue weighted by Crippen LogP contribution is 2.30. The van der Waals surface area contributed by atoms with Gasteiger partial charge in [0.25, 0.3) is 10.0 Å². The van der Waals surface area contributed by atoms with Gasteiger partial charge in [-0.2, -0.15) is 0 Å². The summed E-state index contributed by atoms with van der Waals surface area (Å²) in [4.78, 5) is 4.15. The van der Waals surface area contributed by atoms with Gasteiger partial charge in [-0.25, -0.2) is 13.4 Å². The first-order chi connectivity index (χ1) is 10.6. The number of rotatable bonds is 4. The molecule has 0 aliphatic carbocycles. The maximum absolute atomic E-state index is 12.3. The van der Waals surface area contributed by atoms with Gasteiger partial charge >= 0.3 is 0 Å². The fourth-order valence-corrected chi connectivity index (χ4v) is 3.13. The minimum Gasteiger partial charge on any atom is -0.470 e. The molecule has 0 bridgehead atoms. The Morgan fingerprint density at radius 1 is 1.05 bits per heavy atom. The van der Waals surface area contributed by atoms with Crippen molar-refractivity contribution in [1.82, 2.24) is 4.98 Å². The van der Waals surface area contributed by atoms with Crippen LogP contribution in [0.3, 0.4) is 0 Å². The molecule has 0 saturated heterocycles. The van der Waals surface area contributed by atoms with Crippen molar-refractivity contribution < 1.29 is 12.8 Å².